The van der Waals surface area contributed by atoms with Crippen molar-refractivity contribution in [3.05, 3.63) is 11.8 Å². The Kier molecular flexibility index (Phi) is 7.80. The molecule has 0 amide bonds. The zero-order valence-electron chi connectivity index (χ0n) is 12.3. The number of nitrogens with zero attached hydrogens (tertiary/aromatic N) is 1. The minimum Gasteiger partial charge on any atom is -0.381 e. The molecule has 3 nitrogen and oxygen atoms in total. The predicted molar refractivity (Wildman–Crippen MR) is 89.8 cm³/mol. The molecule has 0 saturated carbocycles. The minimum atomic E-state index is 0.152. The molecule has 19 heavy (non-hydrogen) atoms. The Bertz CT molecular complexity index is 346. The van der Waals surface area contributed by atoms with Crippen LogP contribution in [-0.4, -0.2) is 9.58 Å². The average Bonchev–Trinajstić information content (AvgIpc) is 2.82. The number of hydrogen-bond acceptors (Lipinski definition) is 3. The highest BCUT2D eigenvalue weighted by atomic mass is 127. The molecule has 0 unspecified atom stereocenters. The molecule has 1 aromatic heterocycles. The van der Waals surface area contributed by atoms with E-state index in [1.165, 1.54) is 55.8 Å². The molecule has 0 aliphatic rings. The summed E-state index contributed by atoms with van der Waals surface area (Å²) in [6.07, 6.45) is 9.76. The highest BCUT2D eigenvalue weighted by Gasteiger charge is 2.33. The van der Waals surface area contributed by atoms with E-state index in [0.29, 0.717) is 5.82 Å². The van der Waals surface area contributed by atoms with Crippen LogP contribution in [0.5, 0.6) is 0 Å². The van der Waals surface area contributed by atoms with Gasteiger partial charge in [-0.1, -0.05) is 67.3 Å². The first-order chi connectivity index (χ1) is 9.18. The van der Waals surface area contributed by atoms with Crippen LogP contribution in [0.4, 0.5) is 5.82 Å². The molecule has 0 fully saturated rings. The van der Waals surface area contributed by atoms with Crippen LogP contribution in [0.3, 0.4) is 0 Å². The molecule has 2 N–H and O–H groups in total. The third-order valence-corrected chi connectivity index (χ3v) is 4.56. The zero-order chi connectivity index (χ0) is 14.1. The van der Waals surface area contributed by atoms with Gasteiger partial charge in [0.05, 0.1) is 0 Å². The van der Waals surface area contributed by atoms with Crippen molar-refractivity contribution in [2.45, 2.75) is 70.6 Å². The zero-order valence-corrected chi connectivity index (χ0v) is 14.4. The quantitative estimate of drug-likeness (QED) is 0.351. The van der Waals surface area contributed by atoms with Crippen LogP contribution in [0.15, 0.2) is 10.6 Å². The van der Waals surface area contributed by atoms with Gasteiger partial charge < -0.3 is 10.3 Å². The van der Waals surface area contributed by atoms with Crippen molar-refractivity contribution in [2.75, 3.05) is 10.2 Å². The summed E-state index contributed by atoms with van der Waals surface area (Å²) >= 11 is 2.45. The lowest BCUT2D eigenvalue weighted by Gasteiger charge is -2.31. The topological polar surface area (TPSA) is 52.0 Å². The van der Waals surface area contributed by atoms with E-state index in [1.807, 2.05) is 6.07 Å². The highest BCUT2D eigenvalue weighted by Crippen LogP contribution is 2.40. The second-order valence-corrected chi connectivity index (χ2v) is 6.47. The Morgan fingerprint density at radius 3 is 2.32 bits per heavy atom. The Balaban J connectivity index is 2.80. The van der Waals surface area contributed by atoms with Crippen molar-refractivity contribution in [1.82, 2.24) is 5.16 Å². The van der Waals surface area contributed by atoms with Gasteiger partial charge in [-0.3, -0.25) is 0 Å². The number of unbranched alkanes of at least 4 members (excludes halogenated alkanes) is 2. The number of nitrogen functional groups attached to an aromatic ring is 1. The van der Waals surface area contributed by atoms with Crippen LogP contribution in [0.1, 0.15) is 71.0 Å². The summed E-state index contributed by atoms with van der Waals surface area (Å²) in [7, 11) is 0. The fourth-order valence-electron chi connectivity index (χ4n) is 2.98. The molecule has 0 aromatic carbocycles. The molecule has 0 aliphatic carbocycles. The van der Waals surface area contributed by atoms with E-state index >= 15 is 0 Å². The Morgan fingerprint density at radius 2 is 1.84 bits per heavy atom. The standard InChI is InChI=1S/C15H27IN2O/c1-3-8-15(9-4-2,10-6-5-7-11-16)13-12-14(17)18-19-13/h12H,3-11H2,1-2H3,(H2,17,18). The van der Waals surface area contributed by atoms with Crippen LogP contribution in [0.25, 0.3) is 0 Å². The first-order valence-electron chi connectivity index (χ1n) is 7.47. The molecular weight excluding hydrogens is 351 g/mol. The van der Waals surface area contributed by atoms with Gasteiger partial charge in [0.1, 0.15) is 5.76 Å². The van der Waals surface area contributed by atoms with E-state index in [0.717, 1.165) is 5.76 Å². The number of rotatable bonds is 10. The number of alkyl halides is 1. The second-order valence-electron chi connectivity index (χ2n) is 5.40. The van der Waals surface area contributed by atoms with E-state index in [2.05, 4.69) is 41.6 Å². The lowest BCUT2D eigenvalue weighted by Crippen LogP contribution is -2.25. The maximum absolute atomic E-state index is 5.74. The normalized spacial score (nSPS) is 11.9. The summed E-state index contributed by atoms with van der Waals surface area (Å²) < 4.78 is 6.77. The van der Waals surface area contributed by atoms with E-state index in [-0.39, 0.29) is 5.41 Å². The molecule has 0 spiro atoms. The van der Waals surface area contributed by atoms with Crippen molar-refractivity contribution in [2.24, 2.45) is 0 Å². The minimum absolute atomic E-state index is 0.152. The van der Waals surface area contributed by atoms with E-state index in [1.54, 1.807) is 0 Å². The summed E-state index contributed by atoms with van der Waals surface area (Å²) in [6, 6.07) is 1.93. The van der Waals surface area contributed by atoms with Crippen LogP contribution in [-0.2, 0) is 5.41 Å². The molecule has 1 rings (SSSR count). The van der Waals surface area contributed by atoms with Gasteiger partial charge in [-0.05, 0) is 30.1 Å². The van der Waals surface area contributed by atoms with Gasteiger partial charge >= 0.3 is 0 Å². The lowest BCUT2D eigenvalue weighted by atomic mass is 9.73. The van der Waals surface area contributed by atoms with Gasteiger partial charge in [-0.2, -0.15) is 0 Å². The summed E-state index contributed by atoms with van der Waals surface area (Å²) in [5, 5.41) is 3.89. The molecule has 0 bridgehead atoms. The van der Waals surface area contributed by atoms with Crippen molar-refractivity contribution >= 4 is 28.4 Å². The van der Waals surface area contributed by atoms with Gasteiger partial charge in [0.2, 0.25) is 0 Å². The van der Waals surface area contributed by atoms with Gasteiger partial charge in [0.15, 0.2) is 5.82 Å². The Hall–Kier alpha value is -0.260. The van der Waals surface area contributed by atoms with Crippen LogP contribution < -0.4 is 5.73 Å². The van der Waals surface area contributed by atoms with Gasteiger partial charge in [0.25, 0.3) is 0 Å². The molecule has 4 heteroatoms. The second kappa shape index (κ2) is 8.82. The molecule has 0 atom stereocenters. The van der Waals surface area contributed by atoms with Gasteiger partial charge in [-0.15, -0.1) is 0 Å². The Morgan fingerprint density at radius 1 is 1.16 bits per heavy atom. The van der Waals surface area contributed by atoms with Crippen LogP contribution >= 0.6 is 22.6 Å². The predicted octanol–water partition coefficient (Wildman–Crippen LogP) is 5.09. The van der Waals surface area contributed by atoms with Crippen LogP contribution in [0.2, 0.25) is 0 Å². The van der Waals surface area contributed by atoms with Gasteiger partial charge in [-0.25, -0.2) is 0 Å². The fraction of sp³-hybridized carbons (Fsp3) is 0.800. The molecule has 1 aromatic rings. The summed E-state index contributed by atoms with van der Waals surface area (Å²) in [5.41, 5.74) is 5.89. The third kappa shape index (κ3) is 4.97. The largest absolute Gasteiger partial charge is 0.381 e. The van der Waals surface area contributed by atoms with Crippen LogP contribution in [0, 0.1) is 0 Å². The smallest absolute Gasteiger partial charge is 0.167 e. The summed E-state index contributed by atoms with van der Waals surface area (Å²) in [5.74, 6) is 1.52. The maximum atomic E-state index is 5.74. The number of aromatic nitrogens is 1. The molecule has 110 valence electrons. The molecular formula is C15H27IN2O. The molecule has 1 heterocycles. The maximum Gasteiger partial charge on any atom is 0.167 e. The number of nitrogens with two attached hydrogens (primary N) is 1. The Labute approximate surface area is 130 Å². The first-order valence-corrected chi connectivity index (χ1v) is 8.99. The van der Waals surface area contributed by atoms with E-state index in [9.17, 15) is 0 Å². The van der Waals surface area contributed by atoms with E-state index < -0.39 is 0 Å². The first kappa shape index (κ1) is 16.8. The highest BCUT2D eigenvalue weighted by molar-refractivity contribution is 14.1. The number of hydrogen-bond donors (Lipinski definition) is 1. The summed E-state index contributed by atoms with van der Waals surface area (Å²) in [4.78, 5) is 0. The van der Waals surface area contributed by atoms with Crippen molar-refractivity contribution in [1.29, 1.82) is 0 Å². The monoisotopic (exact) mass is 378 g/mol. The van der Waals surface area contributed by atoms with Crippen molar-refractivity contribution < 1.29 is 4.52 Å². The molecule has 0 aliphatic heterocycles. The van der Waals surface area contributed by atoms with E-state index in [4.69, 9.17) is 10.3 Å². The summed E-state index contributed by atoms with van der Waals surface area (Å²) in [6.45, 7) is 4.49. The SMILES string of the molecule is CCCC(CCC)(CCCCCI)c1cc(N)no1. The number of anilines is 1. The molecule has 0 saturated heterocycles. The lowest BCUT2D eigenvalue weighted by molar-refractivity contribution is 0.235. The average molecular weight is 378 g/mol. The van der Waals surface area contributed by atoms with Crippen molar-refractivity contribution in [3.63, 3.8) is 0 Å². The third-order valence-electron chi connectivity index (χ3n) is 3.80. The molecule has 0 radical (unpaired) electrons. The van der Waals surface area contributed by atoms with Gasteiger partial charge in [0, 0.05) is 11.5 Å². The number of halogens is 1. The fourth-order valence-corrected chi connectivity index (χ4v) is 3.51. The van der Waals surface area contributed by atoms with Crippen molar-refractivity contribution in [3.8, 4) is 0 Å².